The van der Waals surface area contributed by atoms with Crippen LogP contribution in [0.15, 0.2) is 60.7 Å². The average Bonchev–Trinajstić information content (AvgIpc) is 2.98. The van der Waals surface area contributed by atoms with Gasteiger partial charge in [0.2, 0.25) is 0 Å². The van der Waals surface area contributed by atoms with Crippen molar-refractivity contribution in [1.29, 1.82) is 5.26 Å². The lowest BCUT2D eigenvalue weighted by Crippen LogP contribution is -2.30. The van der Waals surface area contributed by atoms with Crippen LogP contribution in [0.25, 0.3) is 0 Å². The highest BCUT2D eigenvalue weighted by Crippen LogP contribution is 2.30. The first-order valence-corrected chi connectivity index (χ1v) is 13.1. The minimum absolute atomic E-state index is 0.149. The number of aryl methyl sites for hydroxylation is 1. The van der Waals surface area contributed by atoms with E-state index < -0.39 is 0 Å². The largest absolute Gasteiger partial charge is 0.497 e. The summed E-state index contributed by atoms with van der Waals surface area (Å²) in [4.78, 5) is 25.7. The van der Waals surface area contributed by atoms with Crippen molar-refractivity contribution in [2.45, 2.75) is 45.8 Å². The molecule has 1 amide bonds. The number of nitrogens with one attached hydrogen (secondary N) is 1. The summed E-state index contributed by atoms with van der Waals surface area (Å²) < 4.78 is 21.6. The van der Waals surface area contributed by atoms with Gasteiger partial charge in [-0.05, 0) is 71.8 Å². The molecule has 0 saturated heterocycles. The molecule has 1 N–H and O–H groups in total. The predicted octanol–water partition coefficient (Wildman–Crippen LogP) is 5.78. The van der Waals surface area contributed by atoms with E-state index in [1.54, 1.807) is 50.6 Å². The Labute approximate surface area is 235 Å². The first-order chi connectivity index (χ1) is 19.3. The van der Waals surface area contributed by atoms with Crippen LogP contribution in [0.1, 0.15) is 65.3 Å². The molecular formula is C32H36N2O6. The molecule has 8 nitrogen and oxygen atoms in total. The van der Waals surface area contributed by atoms with Crippen LogP contribution in [0.3, 0.4) is 0 Å². The van der Waals surface area contributed by atoms with Gasteiger partial charge in [0.1, 0.15) is 23.9 Å². The molecule has 0 spiro atoms. The van der Waals surface area contributed by atoms with Crippen molar-refractivity contribution in [3.63, 3.8) is 0 Å². The number of hydrogen-bond donors (Lipinski definition) is 1. The number of carbonyl (C=O) groups excluding carboxylic acids is 2. The maximum absolute atomic E-state index is 13.8. The van der Waals surface area contributed by atoms with E-state index in [0.29, 0.717) is 47.1 Å². The SMILES string of the molecule is COC(=O)CCc1ccc(COc2cccc(C#N)c2)cc1C(=O)NC(CC(C)C)c1cc(OC)cc(OC)c1. The summed E-state index contributed by atoms with van der Waals surface area (Å²) in [5.41, 5.74) is 3.33. The Hall–Kier alpha value is -4.51. The molecule has 0 radical (unpaired) electrons. The predicted molar refractivity (Wildman–Crippen MR) is 151 cm³/mol. The van der Waals surface area contributed by atoms with Crippen LogP contribution in [0.4, 0.5) is 0 Å². The molecule has 1 unspecified atom stereocenters. The number of carbonyl (C=O) groups is 2. The van der Waals surface area contributed by atoms with Gasteiger partial charge in [0, 0.05) is 18.1 Å². The van der Waals surface area contributed by atoms with Crippen molar-refractivity contribution in [3.8, 4) is 23.3 Å². The van der Waals surface area contributed by atoms with Gasteiger partial charge in [-0.15, -0.1) is 0 Å². The zero-order valence-corrected chi connectivity index (χ0v) is 23.7. The highest BCUT2D eigenvalue weighted by molar-refractivity contribution is 5.96. The van der Waals surface area contributed by atoms with Crippen molar-refractivity contribution in [2.75, 3.05) is 21.3 Å². The van der Waals surface area contributed by atoms with Crippen molar-refractivity contribution in [3.05, 3.63) is 88.5 Å². The lowest BCUT2D eigenvalue weighted by atomic mass is 9.95. The number of esters is 1. The Morgan fingerprint density at radius 3 is 2.27 bits per heavy atom. The second-order valence-electron chi connectivity index (χ2n) is 9.80. The van der Waals surface area contributed by atoms with E-state index in [1.165, 1.54) is 7.11 Å². The Bertz CT molecular complexity index is 1340. The minimum Gasteiger partial charge on any atom is -0.497 e. The lowest BCUT2D eigenvalue weighted by molar-refractivity contribution is -0.140. The third-order valence-electron chi connectivity index (χ3n) is 6.40. The van der Waals surface area contributed by atoms with Crippen LogP contribution in [0.5, 0.6) is 17.2 Å². The van der Waals surface area contributed by atoms with Crippen molar-refractivity contribution in [1.82, 2.24) is 5.32 Å². The van der Waals surface area contributed by atoms with Gasteiger partial charge in [-0.2, -0.15) is 5.26 Å². The molecule has 0 heterocycles. The van der Waals surface area contributed by atoms with Crippen LogP contribution >= 0.6 is 0 Å². The minimum atomic E-state index is -0.350. The van der Waals surface area contributed by atoms with E-state index in [-0.39, 0.29) is 30.9 Å². The summed E-state index contributed by atoms with van der Waals surface area (Å²) in [6.07, 6.45) is 1.19. The van der Waals surface area contributed by atoms with Gasteiger partial charge in [0.05, 0.1) is 39.0 Å². The van der Waals surface area contributed by atoms with Crippen LogP contribution in [-0.2, 0) is 22.6 Å². The van der Waals surface area contributed by atoms with Gasteiger partial charge in [-0.1, -0.05) is 32.0 Å². The second-order valence-corrected chi connectivity index (χ2v) is 9.80. The summed E-state index contributed by atoms with van der Waals surface area (Å²) in [7, 11) is 4.52. The summed E-state index contributed by atoms with van der Waals surface area (Å²) in [5, 5.41) is 12.4. The van der Waals surface area contributed by atoms with Crippen LogP contribution in [0.2, 0.25) is 0 Å². The number of nitriles is 1. The van der Waals surface area contributed by atoms with E-state index in [2.05, 4.69) is 25.2 Å². The van der Waals surface area contributed by atoms with E-state index in [4.69, 9.17) is 24.2 Å². The molecule has 1 atom stereocenters. The first kappa shape index (κ1) is 30.0. The fourth-order valence-electron chi connectivity index (χ4n) is 4.32. The van der Waals surface area contributed by atoms with Gasteiger partial charge in [0.25, 0.3) is 5.91 Å². The maximum Gasteiger partial charge on any atom is 0.305 e. The quantitative estimate of drug-likeness (QED) is 0.272. The summed E-state index contributed by atoms with van der Waals surface area (Å²) in [6.45, 7) is 4.39. The molecule has 0 saturated carbocycles. The molecule has 8 heteroatoms. The molecule has 0 aliphatic carbocycles. The number of amides is 1. The molecule has 3 rings (SSSR count). The van der Waals surface area contributed by atoms with Gasteiger partial charge in [-0.25, -0.2) is 0 Å². The summed E-state index contributed by atoms with van der Waals surface area (Å²) >= 11 is 0. The molecule has 40 heavy (non-hydrogen) atoms. The Balaban J connectivity index is 1.92. The standard InChI is InChI=1S/C32H36N2O6/c1-21(2)13-30(25-16-27(37-3)18-28(17-25)38-4)34-32(36)29-15-23(9-10-24(29)11-12-31(35)39-5)20-40-26-8-6-7-22(14-26)19-33/h6-10,14-18,21,30H,11-13,20H2,1-5H3,(H,34,36). The van der Waals surface area contributed by atoms with Crippen LogP contribution in [0, 0.1) is 17.2 Å². The monoisotopic (exact) mass is 544 g/mol. The lowest BCUT2D eigenvalue weighted by Gasteiger charge is -2.23. The van der Waals surface area contributed by atoms with Gasteiger partial charge in [-0.3, -0.25) is 9.59 Å². The number of hydrogen-bond acceptors (Lipinski definition) is 7. The molecule has 0 aliphatic heterocycles. The molecule has 0 aliphatic rings. The van der Waals surface area contributed by atoms with Gasteiger partial charge >= 0.3 is 5.97 Å². The third-order valence-corrected chi connectivity index (χ3v) is 6.40. The zero-order chi connectivity index (χ0) is 29.1. The molecule has 0 fully saturated rings. The van der Waals surface area contributed by atoms with Gasteiger partial charge in [0.15, 0.2) is 0 Å². The topological polar surface area (TPSA) is 107 Å². The summed E-state index contributed by atoms with van der Waals surface area (Å²) in [6, 6.07) is 19.8. The second kappa shape index (κ2) is 14.6. The van der Waals surface area contributed by atoms with E-state index in [9.17, 15) is 9.59 Å². The van der Waals surface area contributed by atoms with Crippen molar-refractivity contribution >= 4 is 11.9 Å². The number of methoxy groups -OCH3 is 3. The molecule has 0 bridgehead atoms. The number of benzene rings is 3. The average molecular weight is 545 g/mol. The smallest absolute Gasteiger partial charge is 0.305 e. The van der Waals surface area contributed by atoms with Gasteiger partial charge < -0.3 is 24.3 Å². The van der Waals surface area contributed by atoms with Crippen molar-refractivity contribution < 1.29 is 28.5 Å². The Morgan fingerprint density at radius 1 is 0.925 bits per heavy atom. The maximum atomic E-state index is 13.8. The molecule has 3 aromatic rings. The molecular weight excluding hydrogens is 508 g/mol. The number of rotatable bonds is 13. The Kier molecular flexibility index (Phi) is 11.0. The first-order valence-electron chi connectivity index (χ1n) is 13.1. The highest BCUT2D eigenvalue weighted by Gasteiger charge is 2.21. The van der Waals surface area contributed by atoms with Crippen LogP contribution in [-0.4, -0.2) is 33.2 Å². The zero-order valence-electron chi connectivity index (χ0n) is 23.7. The highest BCUT2D eigenvalue weighted by atomic mass is 16.5. The van der Waals surface area contributed by atoms with Crippen molar-refractivity contribution in [2.24, 2.45) is 5.92 Å². The molecule has 210 valence electrons. The van der Waals surface area contributed by atoms with Crippen LogP contribution < -0.4 is 19.5 Å². The fourth-order valence-corrected chi connectivity index (χ4v) is 4.32. The third kappa shape index (κ3) is 8.50. The molecule has 3 aromatic carbocycles. The summed E-state index contributed by atoms with van der Waals surface area (Å²) in [5.74, 6) is 1.51. The number of nitrogens with zero attached hydrogens (tertiary/aromatic N) is 1. The Morgan fingerprint density at radius 2 is 1.65 bits per heavy atom. The number of ether oxygens (including phenoxy) is 4. The fraction of sp³-hybridized carbons (Fsp3) is 0.344. The molecule has 0 aromatic heterocycles. The van der Waals surface area contributed by atoms with E-state index >= 15 is 0 Å². The van der Waals surface area contributed by atoms with E-state index in [1.807, 2.05) is 24.3 Å². The normalized spacial score (nSPS) is 11.3. The van der Waals surface area contributed by atoms with E-state index in [0.717, 1.165) is 16.7 Å².